The number of halogens is 2. The first-order valence-electron chi connectivity index (χ1n) is 10.1. The Hall–Kier alpha value is -3.12. The van der Waals surface area contributed by atoms with Gasteiger partial charge in [-0.3, -0.25) is 9.40 Å². The fourth-order valence-corrected chi connectivity index (χ4v) is 5.31. The van der Waals surface area contributed by atoms with Gasteiger partial charge in [0.1, 0.15) is 28.5 Å². The van der Waals surface area contributed by atoms with E-state index in [9.17, 15) is 17.2 Å². The first-order valence-corrected chi connectivity index (χ1v) is 11.6. The minimum Gasteiger partial charge on any atom is -0.484 e. The summed E-state index contributed by atoms with van der Waals surface area (Å²) in [6, 6.07) is 4.47. The average molecular weight is 480 g/mol. The summed E-state index contributed by atoms with van der Waals surface area (Å²) in [5, 5.41) is 4.19. The van der Waals surface area contributed by atoms with E-state index in [1.807, 2.05) is 6.07 Å². The minimum atomic E-state index is -4.43. The second kappa shape index (κ2) is 8.67. The molecule has 0 saturated heterocycles. The van der Waals surface area contributed by atoms with Crippen LogP contribution in [0.3, 0.4) is 0 Å². The third kappa shape index (κ3) is 4.53. The molecule has 1 aromatic carbocycles. The maximum Gasteiger partial charge on any atom is 0.266 e. The molecule has 3 atom stereocenters. The molecule has 1 N–H and O–H groups in total. The summed E-state index contributed by atoms with van der Waals surface area (Å²) in [4.78, 5) is 6.55. The number of aromatic nitrogens is 4. The van der Waals surface area contributed by atoms with Gasteiger partial charge in [-0.05, 0) is 25.5 Å². The molecule has 0 bridgehead atoms. The Bertz CT molecular complexity index is 1250. The van der Waals surface area contributed by atoms with Gasteiger partial charge >= 0.3 is 0 Å². The van der Waals surface area contributed by atoms with Crippen LogP contribution in [0.5, 0.6) is 5.75 Å². The smallest absolute Gasteiger partial charge is 0.266 e. The highest BCUT2D eigenvalue weighted by Crippen LogP contribution is 2.47. The summed E-state index contributed by atoms with van der Waals surface area (Å²) in [5.41, 5.74) is -0.0763. The van der Waals surface area contributed by atoms with E-state index in [2.05, 4.69) is 19.8 Å². The van der Waals surface area contributed by atoms with Crippen LogP contribution in [0.15, 0.2) is 47.9 Å². The molecular weight excluding hydrogens is 456 g/mol. The number of ether oxygens (including phenoxy) is 2. The number of anilines is 1. The van der Waals surface area contributed by atoms with Crippen molar-refractivity contribution >= 4 is 15.8 Å². The Morgan fingerprint density at radius 3 is 2.64 bits per heavy atom. The third-order valence-electron chi connectivity index (χ3n) is 5.86. The zero-order valence-corrected chi connectivity index (χ0v) is 19.0. The van der Waals surface area contributed by atoms with E-state index in [0.717, 1.165) is 18.1 Å². The van der Waals surface area contributed by atoms with Gasteiger partial charge in [-0.2, -0.15) is 5.10 Å². The van der Waals surface area contributed by atoms with Crippen molar-refractivity contribution in [1.29, 1.82) is 0 Å². The minimum absolute atomic E-state index is 0.0757. The molecule has 2 aromatic heterocycles. The van der Waals surface area contributed by atoms with E-state index in [-0.39, 0.29) is 23.6 Å². The molecule has 0 radical (unpaired) electrons. The third-order valence-corrected chi connectivity index (χ3v) is 7.23. The Morgan fingerprint density at radius 2 is 2.00 bits per heavy atom. The molecule has 33 heavy (non-hydrogen) atoms. The molecule has 0 unspecified atom stereocenters. The van der Waals surface area contributed by atoms with Gasteiger partial charge in [0.15, 0.2) is 11.6 Å². The zero-order chi connectivity index (χ0) is 23.8. The second-order valence-corrected chi connectivity index (χ2v) is 9.71. The normalized spacial score (nSPS) is 22.9. The predicted octanol–water partition coefficient (Wildman–Crippen LogP) is 3.02. The number of hydrogen-bond acceptors (Lipinski definition) is 7. The van der Waals surface area contributed by atoms with Crippen LogP contribution in [0.25, 0.3) is 0 Å². The molecule has 1 aliphatic rings. The van der Waals surface area contributed by atoms with Gasteiger partial charge in [0.25, 0.3) is 10.0 Å². The van der Waals surface area contributed by atoms with Crippen LogP contribution < -0.4 is 9.46 Å². The maximum absolute atomic E-state index is 15.0. The van der Waals surface area contributed by atoms with Gasteiger partial charge in [0.05, 0.1) is 6.10 Å². The highest BCUT2D eigenvalue weighted by atomic mass is 32.2. The summed E-state index contributed by atoms with van der Waals surface area (Å²) < 4.78 is 70.3. The topological polar surface area (TPSA) is 108 Å². The van der Waals surface area contributed by atoms with Crippen LogP contribution in [-0.4, -0.2) is 47.0 Å². The molecule has 0 amide bonds. The van der Waals surface area contributed by atoms with Crippen LogP contribution in [0.2, 0.25) is 0 Å². The van der Waals surface area contributed by atoms with E-state index in [4.69, 9.17) is 9.47 Å². The largest absolute Gasteiger partial charge is 0.484 e. The fourth-order valence-electron chi connectivity index (χ4n) is 4.23. The van der Waals surface area contributed by atoms with Crippen LogP contribution in [0.4, 0.5) is 14.6 Å². The molecule has 9 nitrogen and oxygen atoms in total. The SMILES string of the molecule is CO[C@@H]1C[C@H](c2ccnn2C)[C@](C)(Oc2cc(F)c(S(=O)(=O)Nc3ccncn3)cc2F)C1. The number of benzene rings is 1. The lowest BCUT2D eigenvalue weighted by molar-refractivity contribution is 0.0449. The molecular formula is C21H23F2N5O4S. The monoisotopic (exact) mass is 479 g/mol. The Balaban J connectivity index is 1.65. The Labute approximate surface area is 189 Å². The van der Waals surface area contributed by atoms with Crippen molar-refractivity contribution in [2.24, 2.45) is 7.05 Å². The van der Waals surface area contributed by atoms with Crippen LogP contribution in [0.1, 0.15) is 31.4 Å². The lowest BCUT2D eigenvalue weighted by atomic mass is 9.89. The summed E-state index contributed by atoms with van der Waals surface area (Å²) in [5.74, 6) is -2.84. The van der Waals surface area contributed by atoms with Crippen molar-refractivity contribution in [3.05, 3.63) is 60.3 Å². The Kier molecular flexibility index (Phi) is 6.06. The molecule has 4 rings (SSSR count). The molecule has 0 spiro atoms. The van der Waals surface area contributed by atoms with Crippen molar-refractivity contribution in [1.82, 2.24) is 19.7 Å². The van der Waals surface area contributed by atoms with E-state index < -0.39 is 32.2 Å². The van der Waals surface area contributed by atoms with Crippen molar-refractivity contribution in [3.8, 4) is 5.75 Å². The van der Waals surface area contributed by atoms with Crippen LogP contribution >= 0.6 is 0 Å². The molecule has 12 heteroatoms. The average Bonchev–Trinajstić information content (AvgIpc) is 3.33. The highest BCUT2D eigenvalue weighted by Gasteiger charge is 2.48. The molecule has 3 aromatic rings. The first kappa shape index (κ1) is 23.1. The number of sulfonamides is 1. The summed E-state index contributed by atoms with van der Waals surface area (Å²) in [7, 11) is -1.06. The van der Waals surface area contributed by atoms with Crippen molar-refractivity contribution in [3.63, 3.8) is 0 Å². The number of methoxy groups -OCH3 is 1. The van der Waals surface area contributed by atoms with Gasteiger partial charge in [-0.15, -0.1) is 0 Å². The fraction of sp³-hybridized carbons (Fsp3) is 0.381. The van der Waals surface area contributed by atoms with Crippen molar-refractivity contribution in [2.75, 3.05) is 11.8 Å². The molecule has 0 aliphatic heterocycles. The van der Waals surface area contributed by atoms with Crippen LogP contribution in [0, 0.1) is 11.6 Å². The van der Waals surface area contributed by atoms with E-state index in [1.54, 1.807) is 32.0 Å². The van der Waals surface area contributed by atoms with Crippen LogP contribution in [-0.2, 0) is 21.8 Å². The van der Waals surface area contributed by atoms with E-state index in [1.165, 1.54) is 12.3 Å². The van der Waals surface area contributed by atoms with Gasteiger partial charge < -0.3 is 9.47 Å². The maximum atomic E-state index is 15.0. The van der Waals surface area contributed by atoms with Gasteiger partial charge in [-0.25, -0.2) is 27.2 Å². The zero-order valence-electron chi connectivity index (χ0n) is 18.2. The number of rotatable bonds is 7. The molecule has 1 fully saturated rings. The van der Waals surface area contributed by atoms with E-state index in [0.29, 0.717) is 18.9 Å². The van der Waals surface area contributed by atoms with E-state index >= 15 is 0 Å². The molecule has 176 valence electrons. The summed E-state index contributed by atoms with van der Waals surface area (Å²) in [6.45, 7) is 1.79. The first-order chi connectivity index (χ1) is 15.6. The number of hydrogen-bond donors (Lipinski definition) is 1. The lowest BCUT2D eigenvalue weighted by Crippen LogP contribution is -2.36. The predicted molar refractivity (Wildman–Crippen MR) is 114 cm³/mol. The quantitative estimate of drug-likeness (QED) is 0.555. The summed E-state index contributed by atoms with van der Waals surface area (Å²) in [6.07, 6.45) is 4.97. The van der Waals surface area contributed by atoms with Gasteiger partial charge in [0.2, 0.25) is 0 Å². The van der Waals surface area contributed by atoms with Gasteiger partial charge in [0, 0.05) is 56.7 Å². The summed E-state index contributed by atoms with van der Waals surface area (Å²) >= 11 is 0. The number of nitrogens with one attached hydrogen (secondary N) is 1. The van der Waals surface area contributed by atoms with Crippen molar-refractivity contribution < 1.29 is 26.7 Å². The van der Waals surface area contributed by atoms with Crippen molar-refractivity contribution in [2.45, 2.75) is 42.3 Å². The second-order valence-electron chi connectivity index (χ2n) is 8.06. The Morgan fingerprint density at radius 1 is 1.21 bits per heavy atom. The standard InChI is InChI=1S/C21H23F2N5O4S/c1-21(11-13(31-3)8-14(21)17-4-7-26-28(17)2)32-18-9-16(23)19(10-15(18)22)33(29,30)27-20-5-6-24-12-25-20/h4-7,9-10,12-14H,8,11H2,1-3H3,(H,24,25,27)/t13-,14-,21-/m1/s1. The highest BCUT2D eigenvalue weighted by molar-refractivity contribution is 7.92. The number of nitrogens with zero attached hydrogens (tertiary/aromatic N) is 4. The lowest BCUT2D eigenvalue weighted by Gasteiger charge is -2.32. The molecule has 1 aliphatic carbocycles. The molecule has 1 saturated carbocycles. The number of aryl methyl sites for hydroxylation is 1. The van der Waals surface area contributed by atoms with Gasteiger partial charge in [-0.1, -0.05) is 0 Å². The molecule has 2 heterocycles.